The Morgan fingerprint density at radius 1 is 1.05 bits per heavy atom. The molecule has 0 aromatic heterocycles. The summed E-state index contributed by atoms with van der Waals surface area (Å²) in [6.07, 6.45) is 12.4. The number of carbonyl (C=O) groups is 1. The van der Waals surface area contributed by atoms with Crippen molar-refractivity contribution in [1.29, 1.82) is 0 Å². The van der Waals surface area contributed by atoms with Crippen molar-refractivity contribution in [1.82, 2.24) is 10.2 Å². The van der Waals surface area contributed by atoms with Crippen molar-refractivity contribution < 1.29 is 4.79 Å². The fourth-order valence-corrected chi connectivity index (χ4v) is 4.58. The van der Waals surface area contributed by atoms with E-state index in [0.717, 1.165) is 37.8 Å². The lowest BCUT2D eigenvalue weighted by molar-refractivity contribution is -0.137. The molecule has 2 aliphatic heterocycles. The second-order valence-electron chi connectivity index (χ2n) is 7.09. The Kier molecular flexibility index (Phi) is 4.98. The molecule has 3 rings (SSSR count). The van der Waals surface area contributed by atoms with E-state index in [2.05, 4.69) is 10.2 Å². The predicted octanol–water partition coefficient (Wildman–Crippen LogP) is 2.95. The van der Waals surface area contributed by atoms with Crippen LogP contribution in [-0.4, -0.2) is 36.5 Å². The maximum absolute atomic E-state index is 12.6. The standard InChI is InChI=1S/C17H30N2O/c20-17(10-9-14-5-3-11-18-13-14)19-12-4-7-15-6-1-2-8-16(15)19/h14-16,18H,1-13H2/t14?,15-,16-/m1/s1. The zero-order valence-electron chi connectivity index (χ0n) is 12.8. The molecular weight excluding hydrogens is 248 g/mol. The number of likely N-dealkylation sites (tertiary alicyclic amines) is 1. The number of rotatable bonds is 3. The first-order valence-corrected chi connectivity index (χ1v) is 8.85. The maximum atomic E-state index is 12.6. The van der Waals surface area contributed by atoms with Crippen LogP contribution in [0.4, 0.5) is 0 Å². The van der Waals surface area contributed by atoms with Gasteiger partial charge in [0.25, 0.3) is 0 Å². The summed E-state index contributed by atoms with van der Waals surface area (Å²) >= 11 is 0. The number of fused-ring (bicyclic) bond motifs is 1. The van der Waals surface area contributed by atoms with Crippen LogP contribution >= 0.6 is 0 Å². The average molecular weight is 278 g/mol. The first-order chi connectivity index (χ1) is 9.84. The van der Waals surface area contributed by atoms with E-state index in [-0.39, 0.29) is 0 Å². The van der Waals surface area contributed by atoms with Crippen molar-refractivity contribution in [2.75, 3.05) is 19.6 Å². The molecule has 0 aromatic carbocycles. The van der Waals surface area contributed by atoms with Gasteiger partial charge in [-0.15, -0.1) is 0 Å². The second kappa shape index (κ2) is 6.93. The van der Waals surface area contributed by atoms with Gasteiger partial charge in [0.1, 0.15) is 0 Å². The highest BCUT2D eigenvalue weighted by Gasteiger charge is 2.35. The number of hydrogen-bond donors (Lipinski definition) is 1. The van der Waals surface area contributed by atoms with Gasteiger partial charge in [-0.3, -0.25) is 4.79 Å². The minimum absolute atomic E-state index is 0.451. The smallest absolute Gasteiger partial charge is 0.222 e. The van der Waals surface area contributed by atoms with E-state index >= 15 is 0 Å². The first-order valence-electron chi connectivity index (χ1n) is 8.85. The number of nitrogens with zero attached hydrogens (tertiary/aromatic N) is 1. The van der Waals surface area contributed by atoms with E-state index < -0.39 is 0 Å². The normalized spacial score (nSPS) is 34.6. The van der Waals surface area contributed by atoms with Gasteiger partial charge in [-0.1, -0.05) is 12.8 Å². The Hall–Kier alpha value is -0.570. The highest BCUT2D eigenvalue weighted by Crippen LogP contribution is 2.35. The molecule has 3 atom stereocenters. The molecule has 2 heterocycles. The Balaban J connectivity index is 1.50. The number of hydrogen-bond acceptors (Lipinski definition) is 2. The topological polar surface area (TPSA) is 32.3 Å². The summed E-state index contributed by atoms with van der Waals surface area (Å²) in [5, 5.41) is 3.46. The molecule has 1 aliphatic carbocycles. The molecule has 3 fully saturated rings. The molecule has 3 heteroatoms. The van der Waals surface area contributed by atoms with Crippen molar-refractivity contribution in [3.63, 3.8) is 0 Å². The number of carbonyl (C=O) groups excluding carboxylic acids is 1. The molecule has 1 saturated carbocycles. The molecular formula is C17H30N2O. The van der Waals surface area contributed by atoms with E-state index in [1.54, 1.807) is 0 Å². The van der Waals surface area contributed by atoms with Crippen molar-refractivity contribution in [2.24, 2.45) is 11.8 Å². The number of piperidine rings is 2. The summed E-state index contributed by atoms with van der Waals surface area (Å²) in [7, 11) is 0. The van der Waals surface area contributed by atoms with E-state index in [4.69, 9.17) is 0 Å². The molecule has 3 aliphatic rings. The molecule has 0 radical (unpaired) electrons. The van der Waals surface area contributed by atoms with Gasteiger partial charge in [0, 0.05) is 19.0 Å². The molecule has 2 saturated heterocycles. The van der Waals surface area contributed by atoms with Crippen molar-refractivity contribution in [3.8, 4) is 0 Å². The van der Waals surface area contributed by atoms with Crippen LogP contribution < -0.4 is 5.32 Å². The van der Waals surface area contributed by atoms with Crippen molar-refractivity contribution in [3.05, 3.63) is 0 Å². The van der Waals surface area contributed by atoms with Gasteiger partial charge in [-0.25, -0.2) is 0 Å². The molecule has 114 valence electrons. The van der Waals surface area contributed by atoms with Crippen LogP contribution in [0.25, 0.3) is 0 Å². The van der Waals surface area contributed by atoms with Gasteiger partial charge in [0.05, 0.1) is 0 Å². The molecule has 20 heavy (non-hydrogen) atoms. The van der Waals surface area contributed by atoms with Crippen LogP contribution in [0.1, 0.15) is 64.2 Å². The van der Waals surface area contributed by atoms with Gasteiger partial charge in [-0.05, 0) is 69.9 Å². The summed E-state index contributed by atoms with van der Waals surface area (Å²) in [6, 6.07) is 0.592. The van der Waals surface area contributed by atoms with Gasteiger partial charge < -0.3 is 10.2 Å². The highest BCUT2D eigenvalue weighted by atomic mass is 16.2. The maximum Gasteiger partial charge on any atom is 0.222 e. The van der Waals surface area contributed by atoms with E-state index in [9.17, 15) is 4.79 Å². The molecule has 1 amide bonds. The molecule has 0 bridgehead atoms. The summed E-state index contributed by atoms with van der Waals surface area (Å²) in [6.45, 7) is 3.32. The van der Waals surface area contributed by atoms with Crippen LogP contribution in [0, 0.1) is 11.8 Å². The predicted molar refractivity (Wildman–Crippen MR) is 81.5 cm³/mol. The zero-order chi connectivity index (χ0) is 13.8. The molecule has 0 spiro atoms. The molecule has 1 unspecified atom stereocenters. The highest BCUT2D eigenvalue weighted by molar-refractivity contribution is 5.76. The van der Waals surface area contributed by atoms with Gasteiger partial charge >= 0.3 is 0 Å². The molecule has 3 nitrogen and oxygen atoms in total. The van der Waals surface area contributed by atoms with E-state index in [1.807, 2.05) is 0 Å². The van der Waals surface area contributed by atoms with E-state index in [0.29, 0.717) is 11.9 Å². The first kappa shape index (κ1) is 14.4. The molecule has 0 aromatic rings. The summed E-state index contributed by atoms with van der Waals surface area (Å²) in [5.74, 6) is 2.00. The minimum atomic E-state index is 0.451. The van der Waals surface area contributed by atoms with Gasteiger partial charge in [-0.2, -0.15) is 0 Å². The fourth-order valence-electron chi connectivity index (χ4n) is 4.58. The fraction of sp³-hybridized carbons (Fsp3) is 0.941. The number of nitrogens with one attached hydrogen (secondary N) is 1. The average Bonchev–Trinajstić information content (AvgIpc) is 2.53. The summed E-state index contributed by atoms with van der Waals surface area (Å²) in [5.41, 5.74) is 0. The lowest BCUT2D eigenvalue weighted by Gasteiger charge is -2.44. The largest absolute Gasteiger partial charge is 0.339 e. The lowest BCUT2D eigenvalue weighted by Crippen LogP contribution is -2.49. The van der Waals surface area contributed by atoms with E-state index in [1.165, 1.54) is 57.9 Å². The van der Waals surface area contributed by atoms with Crippen molar-refractivity contribution in [2.45, 2.75) is 70.3 Å². The third-order valence-corrected chi connectivity index (χ3v) is 5.73. The third kappa shape index (κ3) is 3.36. The molecule has 1 N–H and O–H groups in total. The SMILES string of the molecule is O=C(CCC1CCCNC1)N1CCC[C@H]2CCCC[C@H]21. The van der Waals surface area contributed by atoms with Crippen LogP contribution in [0.3, 0.4) is 0 Å². The monoisotopic (exact) mass is 278 g/mol. The lowest BCUT2D eigenvalue weighted by atomic mass is 9.78. The van der Waals surface area contributed by atoms with Gasteiger partial charge in [0.2, 0.25) is 5.91 Å². The summed E-state index contributed by atoms with van der Waals surface area (Å²) < 4.78 is 0. The van der Waals surface area contributed by atoms with Crippen molar-refractivity contribution >= 4 is 5.91 Å². The third-order valence-electron chi connectivity index (χ3n) is 5.73. The van der Waals surface area contributed by atoms with Crippen LogP contribution in [-0.2, 0) is 4.79 Å². The minimum Gasteiger partial charge on any atom is -0.339 e. The van der Waals surface area contributed by atoms with Crippen LogP contribution in [0.2, 0.25) is 0 Å². The zero-order valence-corrected chi connectivity index (χ0v) is 12.8. The quantitative estimate of drug-likeness (QED) is 0.861. The Bertz CT molecular complexity index is 323. The Morgan fingerprint density at radius 3 is 2.75 bits per heavy atom. The van der Waals surface area contributed by atoms with Crippen LogP contribution in [0.15, 0.2) is 0 Å². The van der Waals surface area contributed by atoms with Gasteiger partial charge in [0.15, 0.2) is 0 Å². The van der Waals surface area contributed by atoms with Crippen LogP contribution in [0.5, 0.6) is 0 Å². The Morgan fingerprint density at radius 2 is 1.90 bits per heavy atom. The summed E-state index contributed by atoms with van der Waals surface area (Å²) in [4.78, 5) is 14.9. The number of amides is 1. The Labute approximate surface area is 123 Å². The second-order valence-corrected chi connectivity index (χ2v) is 7.09.